The molecule has 1 N–H and O–H groups in total. The SMILES string of the molecule is CCN(CCC(C)(C)CC(=O)O)c1ccc(C(F)(F)F)cc1CN(Cc1cc(C(F)(F)F)cc(C(F)(F)F)c1)c1nnn(C)n1. The van der Waals surface area contributed by atoms with Crippen LogP contribution in [0.4, 0.5) is 51.1 Å². The lowest BCUT2D eigenvalue weighted by Gasteiger charge is -2.32. The Bertz CT molecular complexity index is 1450. The molecule has 0 saturated heterocycles. The molecule has 0 fully saturated rings. The van der Waals surface area contributed by atoms with Crippen molar-refractivity contribution in [3.8, 4) is 0 Å². The molecule has 17 heteroatoms. The van der Waals surface area contributed by atoms with Crippen molar-refractivity contribution in [1.29, 1.82) is 0 Å². The van der Waals surface area contributed by atoms with Gasteiger partial charge in [-0.25, -0.2) is 0 Å². The largest absolute Gasteiger partial charge is 0.481 e. The third kappa shape index (κ3) is 9.72. The third-order valence-corrected chi connectivity index (χ3v) is 6.98. The molecule has 0 bridgehead atoms. The topological polar surface area (TPSA) is 87.4 Å². The second kappa shape index (κ2) is 13.1. The van der Waals surface area contributed by atoms with Crippen LogP contribution in [0.25, 0.3) is 0 Å². The molecular weight excluding hydrogens is 623 g/mol. The first-order chi connectivity index (χ1) is 20.6. The number of benzene rings is 2. The van der Waals surface area contributed by atoms with Crippen LogP contribution in [0.15, 0.2) is 36.4 Å². The molecule has 3 aromatic rings. The van der Waals surface area contributed by atoms with Crippen LogP contribution in [0.1, 0.15) is 61.4 Å². The van der Waals surface area contributed by atoms with Crippen molar-refractivity contribution in [2.75, 3.05) is 22.9 Å². The average Bonchev–Trinajstić information content (AvgIpc) is 3.33. The molecule has 0 aliphatic heterocycles. The van der Waals surface area contributed by atoms with Crippen LogP contribution in [0.3, 0.4) is 0 Å². The van der Waals surface area contributed by atoms with E-state index in [0.717, 1.165) is 21.8 Å². The Labute approximate surface area is 252 Å². The number of hydrogen-bond acceptors (Lipinski definition) is 6. The van der Waals surface area contributed by atoms with Gasteiger partial charge in [0.25, 0.3) is 5.95 Å². The number of tetrazole rings is 1. The van der Waals surface area contributed by atoms with Gasteiger partial charge in [-0.1, -0.05) is 18.9 Å². The van der Waals surface area contributed by atoms with Gasteiger partial charge >= 0.3 is 24.5 Å². The van der Waals surface area contributed by atoms with E-state index < -0.39 is 65.3 Å². The predicted molar refractivity (Wildman–Crippen MR) is 145 cm³/mol. The number of nitrogens with zero attached hydrogens (tertiary/aromatic N) is 6. The van der Waals surface area contributed by atoms with E-state index in [1.807, 2.05) is 0 Å². The smallest absolute Gasteiger partial charge is 0.416 e. The number of halogens is 9. The lowest BCUT2D eigenvalue weighted by molar-refractivity contribution is -0.143. The Kier molecular flexibility index (Phi) is 10.3. The van der Waals surface area contributed by atoms with Gasteiger partial charge < -0.3 is 14.9 Å². The molecular formula is C28H31F9N6O2. The fourth-order valence-corrected chi connectivity index (χ4v) is 4.72. The van der Waals surface area contributed by atoms with Gasteiger partial charge in [0, 0.05) is 31.9 Å². The summed E-state index contributed by atoms with van der Waals surface area (Å²) in [6.45, 7) is 4.61. The molecule has 0 saturated carbocycles. The van der Waals surface area contributed by atoms with E-state index in [1.165, 1.54) is 13.1 Å². The van der Waals surface area contributed by atoms with E-state index in [9.17, 15) is 49.4 Å². The van der Waals surface area contributed by atoms with E-state index in [0.29, 0.717) is 24.2 Å². The second-order valence-electron chi connectivity index (χ2n) is 11.3. The molecule has 0 aliphatic rings. The van der Waals surface area contributed by atoms with Crippen LogP contribution in [0.5, 0.6) is 0 Å². The first-order valence-corrected chi connectivity index (χ1v) is 13.5. The van der Waals surface area contributed by atoms with E-state index in [-0.39, 0.29) is 37.1 Å². The van der Waals surface area contributed by atoms with Gasteiger partial charge in [0.1, 0.15) is 0 Å². The molecule has 248 valence electrons. The van der Waals surface area contributed by atoms with Gasteiger partial charge in [-0.15, -0.1) is 5.10 Å². The zero-order valence-electron chi connectivity index (χ0n) is 24.6. The van der Waals surface area contributed by atoms with E-state index in [1.54, 1.807) is 25.7 Å². The molecule has 0 unspecified atom stereocenters. The molecule has 0 amide bonds. The number of aliphatic carboxylic acids is 1. The van der Waals surface area contributed by atoms with Crippen LogP contribution in [-0.4, -0.2) is 44.4 Å². The van der Waals surface area contributed by atoms with Crippen molar-refractivity contribution in [3.05, 3.63) is 64.2 Å². The summed E-state index contributed by atoms with van der Waals surface area (Å²) in [6.07, 6.45) is -14.8. The Balaban J connectivity index is 2.11. The standard InChI is InChI=1S/C28H31F9N6O2/c1-5-42(9-8-25(2,3)14-23(44)45)22-7-6-19(26(29,30)31)12-18(22)16-43(24-38-40-41(4)39-24)15-17-10-20(27(32,33)34)13-21(11-17)28(35,36)37/h6-7,10-13H,5,8-9,14-16H2,1-4H3,(H,44,45). The summed E-state index contributed by atoms with van der Waals surface area (Å²) in [4.78, 5) is 15.1. The lowest BCUT2D eigenvalue weighted by atomic mass is 9.85. The summed E-state index contributed by atoms with van der Waals surface area (Å²) in [7, 11) is 1.36. The van der Waals surface area contributed by atoms with Gasteiger partial charge in [-0.3, -0.25) is 4.79 Å². The fourth-order valence-electron chi connectivity index (χ4n) is 4.72. The van der Waals surface area contributed by atoms with Gasteiger partial charge in [-0.2, -0.15) is 44.3 Å². The summed E-state index contributed by atoms with van der Waals surface area (Å²) in [5.41, 5.74) is -4.93. The number of carboxylic acids is 1. The maximum absolute atomic E-state index is 13.8. The van der Waals surface area contributed by atoms with E-state index >= 15 is 0 Å². The number of carboxylic acid groups (broad SMARTS) is 1. The minimum atomic E-state index is -5.12. The summed E-state index contributed by atoms with van der Waals surface area (Å²) < 4.78 is 123. The number of alkyl halides is 9. The first-order valence-electron chi connectivity index (χ1n) is 13.5. The average molecular weight is 655 g/mol. The first kappa shape index (κ1) is 35.4. The molecule has 2 aromatic carbocycles. The highest BCUT2D eigenvalue weighted by Crippen LogP contribution is 2.38. The monoisotopic (exact) mass is 654 g/mol. The summed E-state index contributed by atoms with van der Waals surface area (Å²) in [5, 5.41) is 20.7. The molecule has 3 rings (SSSR count). The molecule has 1 aromatic heterocycles. The van der Waals surface area contributed by atoms with Crippen LogP contribution in [-0.2, 0) is 43.5 Å². The second-order valence-corrected chi connectivity index (χ2v) is 11.3. The highest BCUT2D eigenvalue weighted by Gasteiger charge is 2.37. The minimum absolute atomic E-state index is 0.0235. The zero-order valence-corrected chi connectivity index (χ0v) is 24.6. The van der Waals surface area contributed by atoms with Gasteiger partial charge in [0.15, 0.2) is 0 Å². The molecule has 0 spiro atoms. The zero-order chi connectivity index (χ0) is 34.0. The molecule has 45 heavy (non-hydrogen) atoms. The van der Waals surface area contributed by atoms with Gasteiger partial charge in [0.05, 0.1) is 30.2 Å². The fraction of sp³-hybridized carbons (Fsp3) is 0.500. The lowest BCUT2D eigenvalue weighted by Crippen LogP contribution is -2.31. The maximum Gasteiger partial charge on any atom is 0.416 e. The third-order valence-electron chi connectivity index (χ3n) is 6.98. The van der Waals surface area contributed by atoms with Crippen molar-refractivity contribution >= 4 is 17.6 Å². The highest BCUT2D eigenvalue weighted by molar-refractivity contribution is 5.67. The summed E-state index contributed by atoms with van der Waals surface area (Å²) in [5.74, 6) is -1.27. The number of hydrogen-bond donors (Lipinski definition) is 1. The van der Waals surface area contributed by atoms with Crippen molar-refractivity contribution < 1.29 is 49.4 Å². The number of aryl methyl sites for hydroxylation is 1. The van der Waals surface area contributed by atoms with Gasteiger partial charge in [0.2, 0.25) is 0 Å². The summed E-state index contributed by atoms with van der Waals surface area (Å²) >= 11 is 0. The molecule has 0 aliphatic carbocycles. The molecule has 8 nitrogen and oxygen atoms in total. The van der Waals surface area contributed by atoms with Crippen molar-refractivity contribution in [3.63, 3.8) is 0 Å². The van der Waals surface area contributed by atoms with E-state index in [2.05, 4.69) is 15.4 Å². The highest BCUT2D eigenvalue weighted by atomic mass is 19.4. The van der Waals surface area contributed by atoms with Crippen LogP contribution in [0, 0.1) is 5.41 Å². The minimum Gasteiger partial charge on any atom is -0.481 e. The predicted octanol–water partition coefficient (Wildman–Crippen LogP) is 7.19. The normalized spacial score (nSPS) is 12.8. The van der Waals surface area contributed by atoms with Crippen molar-refractivity contribution in [2.45, 2.75) is 65.2 Å². The number of rotatable bonds is 12. The van der Waals surface area contributed by atoms with Crippen molar-refractivity contribution in [1.82, 2.24) is 20.2 Å². The van der Waals surface area contributed by atoms with Crippen LogP contribution < -0.4 is 9.80 Å². The van der Waals surface area contributed by atoms with Crippen LogP contribution >= 0.6 is 0 Å². The van der Waals surface area contributed by atoms with E-state index in [4.69, 9.17) is 0 Å². The Morgan fingerprint density at radius 1 is 0.844 bits per heavy atom. The Hall–Kier alpha value is -4.05. The molecule has 0 atom stereocenters. The molecule has 1 heterocycles. The maximum atomic E-state index is 13.8. The quantitative estimate of drug-likeness (QED) is 0.207. The van der Waals surface area contributed by atoms with Crippen molar-refractivity contribution in [2.24, 2.45) is 12.5 Å². The number of aromatic nitrogens is 4. The molecule has 0 radical (unpaired) electrons. The number of carbonyl (C=O) groups is 1. The van der Waals surface area contributed by atoms with Crippen LogP contribution in [0.2, 0.25) is 0 Å². The summed E-state index contributed by atoms with van der Waals surface area (Å²) in [6, 6.07) is 3.95. The van der Waals surface area contributed by atoms with Gasteiger partial charge in [-0.05, 0) is 71.5 Å². The Morgan fingerprint density at radius 2 is 1.42 bits per heavy atom. The Morgan fingerprint density at radius 3 is 1.89 bits per heavy atom. The number of anilines is 2.